The van der Waals surface area contributed by atoms with Crippen LogP contribution in [0.25, 0.3) is 10.9 Å². The third-order valence-corrected chi connectivity index (χ3v) is 3.01. The van der Waals surface area contributed by atoms with Crippen molar-refractivity contribution >= 4 is 16.9 Å². The molecule has 2 N–H and O–H groups in total. The summed E-state index contributed by atoms with van der Waals surface area (Å²) in [4.78, 5) is 14.1. The molecule has 0 spiro atoms. The first-order valence-corrected chi connectivity index (χ1v) is 5.95. The Bertz CT molecular complexity index is 680. The number of halogens is 4. The van der Waals surface area contributed by atoms with Gasteiger partial charge in [-0.2, -0.15) is 13.2 Å². The van der Waals surface area contributed by atoms with Crippen LogP contribution < -0.4 is 0 Å². The Morgan fingerprint density at radius 3 is 2.62 bits per heavy atom. The molecule has 0 unspecified atom stereocenters. The number of hydrogen-bond donors (Lipinski definition) is 2. The van der Waals surface area contributed by atoms with Gasteiger partial charge >= 0.3 is 12.1 Å². The monoisotopic (exact) mass is 305 g/mol. The molecule has 0 fully saturated rings. The molecule has 0 amide bonds. The number of aliphatic hydroxyl groups is 1. The molecular formula is C13H11F4NO3. The van der Waals surface area contributed by atoms with Crippen molar-refractivity contribution in [2.75, 3.05) is 6.61 Å². The number of aromatic nitrogens is 1. The molecule has 0 saturated heterocycles. The number of aromatic amines is 1. The van der Waals surface area contributed by atoms with Gasteiger partial charge in [0.05, 0.1) is 6.61 Å². The van der Waals surface area contributed by atoms with Gasteiger partial charge in [0.1, 0.15) is 5.82 Å². The first-order chi connectivity index (χ1) is 9.71. The summed E-state index contributed by atoms with van der Waals surface area (Å²) in [6.45, 7) is 0.970. The lowest BCUT2D eigenvalue weighted by Gasteiger charge is -2.27. The van der Waals surface area contributed by atoms with Gasteiger partial charge in [-0.25, -0.2) is 9.18 Å². The van der Waals surface area contributed by atoms with Crippen LogP contribution in [0.1, 0.15) is 12.5 Å². The number of nitrogens with one attached hydrogen (secondary N) is 1. The lowest BCUT2D eigenvalue weighted by molar-refractivity contribution is -0.267. The third kappa shape index (κ3) is 2.35. The summed E-state index contributed by atoms with van der Waals surface area (Å²) in [6.07, 6.45) is -4.50. The molecule has 0 aliphatic carbocycles. The van der Waals surface area contributed by atoms with Gasteiger partial charge in [-0.3, -0.25) is 0 Å². The van der Waals surface area contributed by atoms with Gasteiger partial charge in [-0.15, -0.1) is 0 Å². The van der Waals surface area contributed by atoms with Crippen molar-refractivity contribution in [1.29, 1.82) is 0 Å². The summed E-state index contributed by atoms with van der Waals surface area (Å²) in [6, 6.07) is 3.05. The highest BCUT2D eigenvalue weighted by atomic mass is 19.4. The number of ether oxygens (including phenoxy) is 1. The van der Waals surface area contributed by atoms with E-state index in [1.54, 1.807) is 0 Å². The Balaban J connectivity index is 2.70. The summed E-state index contributed by atoms with van der Waals surface area (Å²) >= 11 is 0. The Morgan fingerprint density at radius 1 is 1.38 bits per heavy atom. The second-order valence-electron chi connectivity index (χ2n) is 4.32. The number of hydrogen-bond acceptors (Lipinski definition) is 3. The highest BCUT2D eigenvalue weighted by Crippen LogP contribution is 2.42. The molecule has 0 radical (unpaired) electrons. The molecular weight excluding hydrogens is 294 g/mol. The summed E-state index contributed by atoms with van der Waals surface area (Å²) in [5.41, 5.74) is -4.52. The molecule has 1 aromatic carbocycles. The number of H-pyrrole nitrogens is 1. The van der Waals surface area contributed by atoms with Crippen molar-refractivity contribution in [3.63, 3.8) is 0 Å². The predicted octanol–water partition coefficient (Wildman–Crippen LogP) is 2.62. The maximum Gasteiger partial charge on any atom is 0.432 e. The zero-order valence-corrected chi connectivity index (χ0v) is 10.8. The van der Waals surface area contributed by atoms with E-state index in [4.69, 9.17) is 0 Å². The van der Waals surface area contributed by atoms with E-state index in [-0.39, 0.29) is 17.5 Å². The fourth-order valence-corrected chi connectivity index (χ4v) is 2.01. The zero-order chi connectivity index (χ0) is 15.8. The van der Waals surface area contributed by atoms with E-state index >= 15 is 0 Å². The summed E-state index contributed by atoms with van der Waals surface area (Å²) in [5, 5.41) is 9.71. The van der Waals surface area contributed by atoms with Crippen LogP contribution in [0.15, 0.2) is 24.4 Å². The first-order valence-electron chi connectivity index (χ1n) is 5.95. The van der Waals surface area contributed by atoms with Crippen molar-refractivity contribution < 1.29 is 32.2 Å². The maximum absolute atomic E-state index is 13.2. The molecule has 8 heteroatoms. The Labute approximate surface area is 116 Å². The topological polar surface area (TPSA) is 62.3 Å². The highest BCUT2D eigenvalue weighted by Gasteiger charge is 2.63. The van der Waals surface area contributed by atoms with Crippen LogP contribution >= 0.6 is 0 Å². The Morgan fingerprint density at radius 2 is 2.05 bits per heavy atom. The van der Waals surface area contributed by atoms with Crippen LogP contribution in [-0.4, -0.2) is 28.8 Å². The molecule has 21 heavy (non-hydrogen) atoms. The average molecular weight is 305 g/mol. The van der Waals surface area contributed by atoms with Crippen LogP contribution in [0.5, 0.6) is 0 Å². The fourth-order valence-electron chi connectivity index (χ4n) is 2.01. The minimum absolute atomic E-state index is 0.151. The van der Waals surface area contributed by atoms with E-state index in [2.05, 4.69) is 9.72 Å². The summed E-state index contributed by atoms with van der Waals surface area (Å²) in [5.74, 6) is -2.65. The number of benzene rings is 1. The molecule has 114 valence electrons. The average Bonchev–Trinajstić information content (AvgIpc) is 2.79. The van der Waals surface area contributed by atoms with Crippen molar-refractivity contribution in [2.24, 2.45) is 0 Å². The normalized spacial score (nSPS) is 15.0. The van der Waals surface area contributed by atoms with Crippen molar-refractivity contribution in [1.82, 2.24) is 4.98 Å². The van der Waals surface area contributed by atoms with Gasteiger partial charge in [0.15, 0.2) is 0 Å². The summed E-state index contributed by atoms with van der Waals surface area (Å²) < 4.78 is 57.2. The number of esters is 1. The Hall–Kier alpha value is -2.09. The van der Waals surface area contributed by atoms with Crippen LogP contribution in [0.3, 0.4) is 0 Å². The minimum Gasteiger partial charge on any atom is -0.463 e. The largest absolute Gasteiger partial charge is 0.463 e. The van der Waals surface area contributed by atoms with Gasteiger partial charge in [-0.05, 0) is 25.1 Å². The molecule has 1 atom stereocenters. The van der Waals surface area contributed by atoms with Gasteiger partial charge in [0.2, 0.25) is 0 Å². The second-order valence-corrected chi connectivity index (χ2v) is 4.32. The SMILES string of the molecule is CCOC(=O)[C@](O)(c1c[nH]c2ccc(F)cc12)C(F)(F)F. The number of rotatable bonds is 3. The summed E-state index contributed by atoms with van der Waals surface area (Å²) in [7, 11) is 0. The molecule has 1 aromatic heterocycles. The lowest BCUT2D eigenvalue weighted by atomic mass is 9.92. The second kappa shape index (κ2) is 5.03. The van der Waals surface area contributed by atoms with Gasteiger partial charge < -0.3 is 14.8 Å². The standard InChI is InChI=1S/C13H11F4NO3/c1-2-21-11(19)12(20,13(15,16)17)9-6-18-10-4-3-7(14)5-8(9)10/h3-6,18,20H,2H2,1H3/t12-/m1/s1. The molecule has 1 heterocycles. The molecule has 2 rings (SSSR count). The fraction of sp³-hybridized carbons (Fsp3) is 0.308. The highest BCUT2D eigenvalue weighted by molar-refractivity contribution is 5.92. The zero-order valence-electron chi connectivity index (χ0n) is 10.8. The van der Waals surface area contributed by atoms with Crippen molar-refractivity contribution in [3.05, 3.63) is 35.8 Å². The van der Waals surface area contributed by atoms with Crippen molar-refractivity contribution in [2.45, 2.75) is 18.7 Å². The minimum atomic E-state index is -5.32. The molecule has 0 aliphatic rings. The number of alkyl halides is 3. The van der Waals surface area contributed by atoms with E-state index in [0.717, 1.165) is 18.3 Å². The van der Waals surface area contributed by atoms with E-state index in [0.29, 0.717) is 0 Å². The van der Waals surface area contributed by atoms with Gasteiger partial charge in [-0.1, -0.05) is 0 Å². The van der Waals surface area contributed by atoms with E-state index in [9.17, 15) is 27.5 Å². The first kappa shape index (κ1) is 15.3. The molecule has 4 nitrogen and oxygen atoms in total. The van der Waals surface area contributed by atoms with Crippen LogP contribution in [0.2, 0.25) is 0 Å². The van der Waals surface area contributed by atoms with E-state index in [1.165, 1.54) is 13.0 Å². The quantitative estimate of drug-likeness (QED) is 0.677. The van der Waals surface area contributed by atoms with Crippen LogP contribution in [0, 0.1) is 5.82 Å². The molecule has 0 saturated carbocycles. The van der Waals surface area contributed by atoms with Crippen molar-refractivity contribution in [3.8, 4) is 0 Å². The molecule has 2 aromatic rings. The molecule has 0 aliphatic heterocycles. The number of fused-ring (bicyclic) bond motifs is 1. The van der Waals surface area contributed by atoms with E-state index in [1.807, 2.05) is 0 Å². The Kier molecular flexibility index (Phi) is 3.66. The molecule has 0 bridgehead atoms. The number of carbonyl (C=O) groups is 1. The van der Waals surface area contributed by atoms with E-state index < -0.39 is 29.1 Å². The van der Waals surface area contributed by atoms with Gasteiger partial charge in [0.25, 0.3) is 5.60 Å². The maximum atomic E-state index is 13.2. The van der Waals surface area contributed by atoms with Crippen LogP contribution in [0.4, 0.5) is 17.6 Å². The lowest BCUT2D eigenvalue weighted by Crippen LogP contribution is -2.50. The third-order valence-electron chi connectivity index (χ3n) is 3.01. The smallest absolute Gasteiger partial charge is 0.432 e. The van der Waals surface area contributed by atoms with Gasteiger partial charge in [0, 0.05) is 22.7 Å². The number of carbonyl (C=O) groups excluding carboxylic acids is 1. The predicted molar refractivity (Wildman–Crippen MR) is 64.8 cm³/mol. The van der Waals surface area contributed by atoms with Crippen LogP contribution in [-0.2, 0) is 15.1 Å².